The lowest BCUT2D eigenvalue weighted by Gasteiger charge is -2.22. The average Bonchev–Trinajstić information content (AvgIpc) is 2.44. The van der Waals surface area contributed by atoms with E-state index in [-0.39, 0.29) is 18.2 Å². The number of rotatable bonds is 6. The maximum absolute atomic E-state index is 13.0. The lowest BCUT2D eigenvalue weighted by atomic mass is 10.0. The molecule has 1 rings (SSSR count). The van der Waals surface area contributed by atoms with E-state index in [1.165, 1.54) is 6.07 Å². The molecule has 25 heavy (non-hydrogen) atoms. The summed E-state index contributed by atoms with van der Waals surface area (Å²) in [5.41, 5.74) is -3.60. The standard InChI is InChI=1S/C14H12F6N2O2S/c1-2-6-22(25(23,24)7-5-21)9-10-8-11(13(15,16)17)3-4-12(10)14(18,19)20/h2-4,8H,1,6-7,9H2. The van der Waals surface area contributed by atoms with E-state index in [4.69, 9.17) is 5.26 Å². The molecule has 0 amide bonds. The van der Waals surface area contributed by atoms with Gasteiger partial charge in [0.1, 0.15) is 0 Å². The predicted molar refractivity (Wildman–Crippen MR) is 76.5 cm³/mol. The van der Waals surface area contributed by atoms with E-state index < -0.39 is 57.9 Å². The first kappa shape index (κ1) is 21.0. The third-order valence-corrected chi connectivity index (χ3v) is 4.62. The predicted octanol–water partition coefficient (Wildman–Crippen LogP) is 3.57. The zero-order chi connectivity index (χ0) is 19.5. The van der Waals surface area contributed by atoms with E-state index in [0.717, 1.165) is 6.08 Å². The highest BCUT2D eigenvalue weighted by atomic mass is 32.2. The van der Waals surface area contributed by atoms with Crippen molar-refractivity contribution < 1.29 is 34.8 Å². The molecule has 0 saturated heterocycles. The molecule has 0 heterocycles. The molecule has 0 fully saturated rings. The Morgan fingerprint density at radius 1 is 1.16 bits per heavy atom. The summed E-state index contributed by atoms with van der Waals surface area (Å²) in [6.07, 6.45) is -8.82. The molecule has 1 aromatic carbocycles. The Kier molecular flexibility index (Phi) is 6.25. The third-order valence-electron chi connectivity index (χ3n) is 3.06. The van der Waals surface area contributed by atoms with E-state index >= 15 is 0 Å². The summed E-state index contributed by atoms with van der Waals surface area (Å²) in [5, 5.41) is 8.51. The van der Waals surface area contributed by atoms with E-state index in [1.807, 2.05) is 0 Å². The first-order chi connectivity index (χ1) is 11.3. The van der Waals surface area contributed by atoms with Crippen LogP contribution < -0.4 is 0 Å². The van der Waals surface area contributed by atoms with Gasteiger partial charge in [0.05, 0.1) is 17.2 Å². The maximum Gasteiger partial charge on any atom is 0.416 e. The van der Waals surface area contributed by atoms with Crippen LogP contribution in [0.15, 0.2) is 30.9 Å². The van der Waals surface area contributed by atoms with Crippen molar-refractivity contribution in [1.82, 2.24) is 4.31 Å². The molecule has 0 radical (unpaired) electrons. The van der Waals surface area contributed by atoms with Crippen molar-refractivity contribution in [3.63, 3.8) is 0 Å². The fourth-order valence-electron chi connectivity index (χ4n) is 1.96. The van der Waals surface area contributed by atoms with Crippen molar-refractivity contribution in [2.75, 3.05) is 12.3 Å². The van der Waals surface area contributed by atoms with Crippen LogP contribution in [0.3, 0.4) is 0 Å². The van der Waals surface area contributed by atoms with Gasteiger partial charge in [-0.05, 0) is 23.8 Å². The molecule has 0 bridgehead atoms. The van der Waals surface area contributed by atoms with E-state index in [0.29, 0.717) is 4.31 Å². The fourth-order valence-corrected chi connectivity index (χ4v) is 2.97. The summed E-state index contributed by atoms with van der Waals surface area (Å²) in [6.45, 7) is 1.81. The summed E-state index contributed by atoms with van der Waals surface area (Å²) >= 11 is 0. The minimum Gasteiger partial charge on any atom is -0.211 e. The molecule has 0 spiro atoms. The minimum absolute atomic E-state index is 0.251. The molecule has 0 unspecified atom stereocenters. The largest absolute Gasteiger partial charge is 0.416 e. The van der Waals surface area contributed by atoms with Crippen LogP contribution in [0.1, 0.15) is 16.7 Å². The normalized spacial score (nSPS) is 12.9. The van der Waals surface area contributed by atoms with Crippen molar-refractivity contribution in [1.29, 1.82) is 5.26 Å². The molecule has 4 nitrogen and oxygen atoms in total. The Morgan fingerprint density at radius 3 is 2.20 bits per heavy atom. The second-order valence-electron chi connectivity index (χ2n) is 4.86. The van der Waals surface area contributed by atoms with Gasteiger partial charge in [-0.1, -0.05) is 6.08 Å². The molecular formula is C14H12F6N2O2S. The van der Waals surface area contributed by atoms with Crippen molar-refractivity contribution in [2.24, 2.45) is 0 Å². The van der Waals surface area contributed by atoms with Gasteiger partial charge < -0.3 is 0 Å². The van der Waals surface area contributed by atoms with Gasteiger partial charge in [-0.3, -0.25) is 0 Å². The zero-order valence-corrected chi connectivity index (χ0v) is 13.3. The highest BCUT2D eigenvalue weighted by Gasteiger charge is 2.38. The highest BCUT2D eigenvalue weighted by Crippen LogP contribution is 2.37. The second kappa shape index (κ2) is 7.45. The second-order valence-corrected chi connectivity index (χ2v) is 6.83. The first-order valence-corrected chi connectivity index (χ1v) is 8.17. The van der Waals surface area contributed by atoms with E-state index in [2.05, 4.69) is 6.58 Å². The van der Waals surface area contributed by atoms with Crippen LogP contribution in [0.2, 0.25) is 0 Å². The molecule has 138 valence electrons. The van der Waals surface area contributed by atoms with Crippen molar-refractivity contribution >= 4 is 10.0 Å². The topological polar surface area (TPSA) is 61.2 Å². The number of nitriles is 1. The molecule has 0 N–H and O–H groups in total. The Labute approximate surface area is 140 Å². The summed E-state index contributed by atoms with van der Waals surface area (Å²) in [4.78, 5) is 0. The van der Waals surface area contributed by atoms with E-state index in [9.17, 15) is 34.8 Å². The van der Waals surface area contributed by atoms with Crippen LogP contribution in [0.25, 0.3) is 0 Å². The molecule has 0 aliphatic carbocycles. The Hall–Kier alpha value is -2.06. The van der Waals surface area contributed by atoms with Gasteiger partial charge in [0.15, 0.2) is 5.75 Å². The van der Waals surface area contributed by atoms with Crippen LogP contribution in [0.5, 0.6) is 0 Å². The van der Waals surface area contributed by atoms with Gasteiger partial charge in [0, 0.05) is 13.1 Å². The molecule has 0 atom stereocenters. The van der Waals surface area contributed by atoms with Crippen LogP contribution >= 0.6 is 0 Å². The SMILES string of the molecule is C=CCN(Cc1cc(C(F)(F)F)ccc1C(F)(F)F)S(=O)(=O)CC#N. The van der Waals surface area contributed by atoms with Crippen molar-refractivity contribution in [3.05, 3.63) is 47.5 Å². The third kappa shape index (κ3) is 5.47. The molecule has 0 aliphatic heterocycles. The highest BCUT2D eigenvalue weighted by molar-refractivity contribution is 7.89. The molecule has 0 aromatic heterocycles. The summed E-state index contributed by atoms with van der Waals surface area (Å²) in [5.74, 6) is -1.03. The average molecular weight is 386 g/mol. The monoisotopic (exact) mass is 386 g/mol. The van der Waals surface area contributed by atoms with Crippen molar-refractivity contribution in [2.45, 2.75) is 18.9 Å². The number of alkyl halides is 6. The quantitative estimate of drug-likeness (QED) is 0.555. The molecule has 0 aliphatic rings. The Bertz CT molecular complexity index is 778. The summed E-state index contributed by atoms with van der Waals surface area (Å²) in [6, 6.07) is 2.12. The van der Waals surface area contributed by atoms with Gasteiger partial charge >= 0.3 is 12.4 Å². The van der Waals surface area contributed by atoms with Crippen LogP contribution in [0, 0.1) is 11.3 Å². The summed E-state index contributed by atoms with van der Waals surface area (Å²) in [7, 11) is -4.29. The Morgan fingerprint density at radius 2 is 1.76 bits per heavy atom. The van der Waals surface area contributed by atoms with Gasteiger partial charge in [0.2, 0.25) is 10.0 Å². The molecule has 0 saturated carbocycles. The lowest BCUT2D eigenvalue weighted by molar-refractivity contribution is -0.142. The minimum atomic E-state index is -4.97. The van der Waals surface area contributed by atoms with E-state index in [1.54, 1.807) is 0 Å². The smallest absolute Gasteiger partial charge is 0.211 e. The number of hydrogen-bond donors (Lipinski definition) is 0. The maximum atomic E-state index is 13.0. The number of sulfonamides is 1. The van der Waals surface area contributed by atoms with Crippen LogP contribution in [-0.2, 0) is 28.9 Å². The molecule has 1 aromatic rings. The Balaban J connectivity index is 3.45. The molecular weight excluding hydrogens is 374 g/mol. The van der Waals surface area contributed by atoms with Gasteiger partial charge in [-0.2, -0.15) is 35.9 Å². The first-order valence-electron chi connectivity index (χ1n) is 6.56. The number of benzene rings is 1. The number of nitrogens with zero attached hydrogens (tertiary/aromatic N) is 2. The van der Waals surface area contributed by atoms with Crippen molar-refractivity contribution in [3.8, 4) is 6.07 Å². The van der Waals surface area contributed by atoms with Gasteiger partial charge in [-0.25, -0.2) is 8.42 Å². The summed E-state index contributed by atoms with van der Waals surface area (Å²) < 4.78 is 102. The number of hydrogen-bond acceptors (Lipinski definition) is 3. The lowest BCUT2D eigenvalue weighted by Crippen LogP contribution is -2.33. The van der Waals surface area contributed by atoms with Crippen LogP contribution in [-0.4, -0.2) is 25.0 Å². The fraction of sp³-hybridized carbons (Fsp3) is 0.357. The number of halogens is 6. The zero-order valence-electron chi connectivity index (χ0n) is 12.5. The van der Waals surface area contributed by atoms with Gasteiger partial charge in [0.25, 0.3) is 0 Å². The van der Waals surface area contributed by atoms with Gasteiger partial charge in [-0.15, -0.1) is 6.58 Å². The molecule has 11 heteroatoms. The van der Waals surface area contributed by atoms with Crippen LogP contribution in [0.4, 0.5) is 26.3 Å².